The number of rotatable bonds is 3. The van der Waals surface area contributed by atoms with E-state index >= 15 is 0 Å². The Morgan fingerprint density at radius 1 is 1.09 bits per heavy atom. The van der Waals surface area contributed by atoms with Crippen LogP contribution in [-0.4, -0.2) is 9.19 Å². The van der Waals surface area contributed by atoms with E-state index in [0.29, 0.717) is 16.3 Å². The highest BCUT2D eigenvalue weighted by Gasteiger charge is 2.08. The summed E-state index contributed by atoms with van der Waals surface area (Å²) < 4.78 is 13.4. The first kappa shape index (κ1) is 14.9. The van der Waals surface area contributed by atoms with Crippen LogP contribution in [0.5, 0.6) is 0 Å². The van der Waals surface area contributed by atoms with Crippen molar-refractivity contribution in [2.24, 2.45) is 0 Å². The van der Waals surface area contributed by atoms with Crippen LogP contribution in [0.4, 0.5) is 0 Å². The van der Waals surface area contributed by atoms with Crippen LogP contribution in [0.1, 0.15) is 11.1 Å². The third-order valence-corrected chi connectivity index (χ3v) is 5.02. The summed E-state index contributed by atoms with van der Waals surface area (Å²) in [6.07, 6.45) is 0. The highest BCUT2D eigenvalue weighted by atomic mass is 79.9. The minimum absolute atomic E-state index is 0.390. The van der Waals surface area contributed by atoms with Crippen LogP contribution in [0.15, 0.2) is 64.1 Å². The molecular formula is C17H11BrN2OS. The molecule has 0 radical (unpaired) electrons. The van der Waals surface area contributed by atoms with Crippen LogP contribution in [0.3, 0.4) is 0 Å². The van der Waals surface area contributed by atoms with E-state index in [1.165, 1.54) is 0 Å². The molecule has 0 fully saturated rings. The first-order valence-electron chi connectivity index (χ1n) is 6.59. The van der Waals surface area contributed by atoms with Gasteiger partial charge in [0.15, 0.2) is 0 Å². The molecule has 0 aliphatic carbocycles. The lowest BCUT2D eigenvalue weighted by molar-refractivity contribution is 0.680. The van der Waals surface area contributed by atoms with E-state index in [0.717, 1.165) is 20.9 Å². The van der Waals surface area contributed by atoms with Gasteiger partial charge >= 0.3 is 0 Å². The van der Waals surface area contributed by atoms with Gasteiger partial charge in [-0.15, -0.1) is 0 Å². The predicted octanol–water partition coefficient (Wildman–Crippen LogP) is 4.18. The molecule has 22 heavy (non-hydrogen) atoms. The standard InChI is InChI=1S/C17H11BrN2OS/c18-15-6-7-16-14(9-15)5-8-17(20-16)22(21)11-13-3-1-12(10-19)2-4-13/h1-9H,11H2. The van der Waals surface area contributed by atoms with Crippen molar-refractivity contribution >= 4 is 37.6 Å². The molecule has 0 amide bonds. The Balaban J connectivity index is 1.85. The molecule has 0 spiro atoms. The average Bonchev–Trinajstić information content (AvgIpc) is 2.55. The minimum atomic E-state index is -1.21. The topological polar surface area (TPSA) is 53.8 Å². The molecule has 3 rings (SSSR count). The van der Waals surface area contributed by atoms with Gasteiger partial charge in [0.05, 0.1) is 33.7 Å². The van der Waals surface area contributed by atoms with Crippen LogP contribution in [0.25, 0.3) is 10.9 Å². The summed E-state index contributed by atoms with van der Waals surface area (Å²) >= 11 is 3.43. The molecule has 3 nitrogen and oxygen atoms in total. The van der Waals surface area contributed by atoms with Crippen LogP contribution in [-0.2, 0) is 16.6 Å². The number of hydrogen-bond acceptors (Lipinski definition) is 3. The number of halogens is 1. The van der Waals surface area contributed by atoms with E-state index in [9.17, 15) is 4.21 Å². The van der Waals surface area contributed by atoms with Gasteiger partial charge in [-0.2, -0.15) is 5.26 Å². The molecule has 5 heteroatoms. The maximum atomic E-state index is 12.5. The van der Waals surface area contributed by atoms with Crippen molar-refractivity contribution < 1.29 is 4.21 Å². The summed E-state index contributed by atoms with van der Waals surface area (Å²) in [5.74, 6) is 0.390. The SMILES string of the molecule is N#Cc1ccc(CS(=O)c2ccc3cc(Br)ccc3n2)cc1. The van der Waals surface area contributed by atoms with E-state index in [2.05, 4.69) is 27.0 Å². The van der Waals surface area contributed by atoms with E-state index in [-0.39, 0.29) is 0 Å². The second kappa shape index (κ2) is 6.39. The van der Waals surface area contributed by atoms with Gasteiger partial charge < -0.3 is 0 Å². The molecule has 0 aliphatic rings. The van der Waals surface area contributed by atoms with Crippen molar-refractivity contribution in [2.75, 3.05) is 0 Å². The van der Waals surface area contributed by atoms with Gasteiger partial charge in [0.1, 0.15) is 5.03 Å². The molecule has 3 aromatic rings. The Bertz CT molecular complexity index is 901. The number of hydrogen-bond donors (Lipinski definition) is 0. The molecule has 0 saturated heterocycles. The lowest BCUT2D eigenvalue weighted by atomic mass is 10.2. The van der Waals surface area contributed by atoms with Gasteiger partial charge in [-0.3, -0.25) is 4.21 Å². The quantitative estimate of drug-likeness (QED) is 0.694. The first-order valence-corrected chi connectivity index (χ1v) is 8.70. The first-order chi connectivity index (χ1) is 10.7. The fraction of sp³-hybridized carbons (Fsp3) is 0.0588. The lowest BCUT2D eigenvalue weighted by Gasteiger charge is -2.04. The van der Waals surface area contributed by atoms with Gasteiger partial charge in [-0.25, -0.2) is 4.98 Å². The van der Waals surface area contributed by atoms with Crippen molar-refractivity contribution in [3.05, 3.63) is 70.2 Å². The third kappa shape index (κ3) is 3.24. The zero-order chi connectivity index (χ0) is 15.5. The van der Waals surface area contributed by atoms with Gasteiger partial charge in [-0.1, -0.05) is 34.1 Å². The van der Waals surface area contributed by atoms with Crippen LogP contribution < -0.4 is 0 Å². The second-order valence-electron chi connectivity index (χ2n) is 4.79. The molecule has 2 aromatic carbocycles. The Morgan fingerprint density at radius 2 is 1.86 bits per heavy atom. The largest absolute Gasteiger partial charge is 0.252 e. The maximum Gasteiger partial charge on any atom is 0.128 e. The number of nitriles is 1. The van der Waals surface area contributed by atoms with Crippen molar-refractivity contribution in [3.63, 3.8) is 0 Å². The molecular weight excluding hydrogens is 360 g/mol. The number of nitrogens with zero attached hydrogens (tertiary/aromatic N) is 2. The second-order valence-corrected chi connectivity index (χ2v) is 7.10. The molecule has 108 valence electrons. The summed E-state index contributed by atoms with van der Waals surface area (Å²) in [6.45, 7) is 0. The molecule has 0 aliphatic heterocycles. The number of benzene rings is 2. The molecule has 0 bridgehead atoms. The van der Waals surface area contributed by atoms with E-state index in [4.69, 9.17) is 5.26 Å². The van der Waals surface area contributed by atoms with Crippen molar-refractivity contribution in [1.29, 1.82) is 5.26 Å². The van der Waals surface area contributed by atoms with Crippen molar-refractivity contribution in [1.82, 2.24) is 4.98 Å². The number of fused-ring (bicyclic) bond motifs is 1. The summed E-state index contributed by atoms with van der Waals surface area (Å²) in [5.41, 5.74) is 2.35. The minimum Gasteiger partial charge on any atom is -0.252 e. The summed E-state index contributed by atoms with van der Waals surface area (Å²) in [5, 5.41) is 10.4. The van der Waals surface area contributed by atoms with E-state index in [1.807, 2.05) is 36.4 Å². The normalized spacial score (nSPS) is 12.0. The van der Waals surface area contributed by atoms with E-state index in [1.54, 1.807) is 18.2 Å². The zero-order valence-electron chi connectivity index (χ0n) is 11.5. The van der Waals surface area contributed by atoms with Crippen molar-refractivity contribution in [3.8, 4) is 6.07 Å². The molecule has 0 N–H and O–H groups in total. The van der Waals surface area contributed by atoms with E-state index < -0.39 is 10.8 Å². The maximum absolute atomic E-state index is 12.5. The smallest absolute Gasteiger partial charge is 0.128 e. The average molecular weight is 371 g/mol. The van der Waals surface area contributed by atoms with Gasteiger partial charge in [-0.05, 0) is 42.0 Å². The highest BCUT2D eigenvalue weighted by Crippen LogP contribution is 2.20. The number of aromatic nitrogens is 1. The van der Waals surface area contributed by atoms with Crippen molar-refractivity contribution in [2.45, 2.75) is 10.8 Å². The lowest BCUT2D eigenvalue weighted by Crippen LogP contribution is -1.99. The summed E-state index contributed by atoms with van der Waals surface area (Å²) in [6, 6.07) is 18.7. The predicted molar refractivity (Wildman–Crippen MR) is 90.7 cm³/mol. The summed E-state index contributed by atoms with van der Waals surface area (Å²) in [7, 11) is -1.21. The molecule has 1 atom stereocenters. The Kier molecular flexibility index (Phi) is 4.32. The van der Waals surface area contributed by atoms with Crippen LogP contribution >= 0.6 is 15.9 Å². The van der Waals surface area contributed by atoms with Crippen LogP contribution in [0, 0.1) is 11.3 Å². The van der Waals surface area contributed by atoms with Gasteiger partial charge in [0.2, 0.25) is 0 Å². The Labute approximate surface area is 139 Å². The summed E-state index contributed by atoms with van der Waals surface area (Å²) in [4.78, 5) is 4.47. The third-order valence-electron chi connectivity index (χ3n) is 3.24. The monoisotopic (exact) mass is 370 g/mol. The fourth-order valence-corrected chi connectivity index (χ4v) is 3.55. The molecule has 1 aromatic heterocycles. The van der Waals surface area contributed by atoms with Crippen LogP contribution in [0.2, 0.25) is 0 Å². The molecule has 1 unspecified atom stereocenters. The zero-order valence-corrected chi connectivity index (χ0v) is 13.9. The Morgan fingerprint density at radius 3 is 2.59 bits per heavy atom. The molecule has 0 saturated carbocycles. The van der Waals surface area contributed by atoms with Gasteiger partial charge in [0.25, 0.3) is 0 Å². The Hall–Kier alpha value is -2.03. The fourth-order valence-electron chi connectivity index (χ4n) is 2.11. The number of pyridine rings is 1. The molecule has 1 heterocycles. The highest BCUT2D eigenvalue weighted by molar-refractivity contribution is 9.10. The van der Waals surface area contributed by atoms with Gasteiger partial charge in [0, 0.05) is 9.86 Å².